The average Bonchev–Trinajstić information content (AvgIpc) is 2.54. The lowest BCUT2D eigenvalue weighted by atomic mass is 10.7. The van der Waals surface area contributed by atoms with Crippen molar-refractivity contribution in [3.8, 4) is 0 Å². The van der Waals surface area contributed by atoms with Crippen molar-refractivity contribution in [2.24, 2.45) is 0 Å². The van der Waals surface area contributed by atoms with Gasteiger partial charge in [0.25, 0.3) is 10.0 Å². The third kappa shape index (κ3) is 2.01. The van der Waals surface area contributed by atoms with Crippen molar-refractivity contribution in [2.75, 3.05) is 7.05 Å². The molecule has 13 heavy (non-hydrogen) atoms. The zero-order valence-electron chi connectivity index (χ0n) is 6.60. The van der Waals surface area contributed by atoms with E-state index in [4.69, 9.17) is 11.6 Å². The highest BCUT2D eigenvalue weighted by molar-refractivity contribution is 7.91. The molecule has 0 unspecified atom stereocenters. The number of amides is 1. The highest BCUT2D eigenvalue weighted by atomic mass is 35.5. The first-order valence-corrected chi connectivity index (χ1v) is 5.88. The van der Waals surface area contributed by atoms with Gasteiger partial charge in [0.2, 0.25) is 0 Å². The quantitative estimate of drug-likeness (QED) is 0.583. The summed E-state index contributed by atoms with van der Waals surface area (Å²) in [4.78, 5) is 10.6. The molecule has 0 saturated heterocycles. The molecular weight excluding hydrogens is 234 g/mol. The molecule has 0 fully saturated rings. The molecule has 7 heteroatoms. The van der Waals surface area contributed by atoms with Crippen LogP contribution in [0, 0.1) is 0 Å². The highest BCUT2D eigenvalue weighted by Crippen LogP contribution is 2.20. The maximum atomic E-state index is 11.5. The van der Waals surface area contributed by atoms with Gasteiger partial charge in [-0.25, -0.2) is 12.7 Å². The van der Waals surface area contributed by atoms with Gasteiger partial charge in [-0.05, 0) is 23.0 Å². The van der Waals surface area contributed by atoms with Crippen LogP contribution in [0.5, 0.6) is 0 Å². The molecule has 0 aliphatic carbocycles. The predicted molar refractivity (Wildman–Crippen MR) is 50.5 cm³/mol. The summed E-state index contributed by atoms with van der Waals surface area (Å²) in [5.74, 6) is 0. The fourth-order valence-electron chi connectivity index (χ4n) is 0.640. The molecule has 1 amide bonds. The van der Waals surface area contributed by atoms with E-state index in [0.29, 0.717) is 4.31 Å². The van der Waals surface area contributed by atoms with Crippen molar-refractivity contribution >= 4 is 38.3 Å². The van der Waals surface area contributed by atoms with E-state index in [1.165, 1.54) is 6.07 Å². The van der Waals surface area contributed by atoms with Crippen molar-refractivity contribution in [3.63, 3.8) is 0 Å². The highest BCUT2D eigenvalue weighted by Gasteiger charge is 2.24. The predicted octanol–water partition coefficient (Wildman–Crippen LogP) is 1.73. The molecule has 0 aliphatic heterocycles. The van der Waals surface area contributed by atoms with Crippen LogP contribution in [0.4, 0.5) is 4.79 Å². The smallest absolute Gasteiger partial charge is 0.254 e. The van der Waals surface area contributed by atoms with Gasteiger partial charge in [-0.3, -0.25) is 4.79 Å². The zero-order chi connectivity index (χ0) is 10.1. The Labute approximate surface area is 84.8 Å². The Balaban J connectivity index is 3.11. The van der Waals surface area contributed by atoms with Gasteiger partial charge in [-0.2, -0.15) is 0 Å². The Kier molecular flexibility index (Phi) is 2.94. The second-order valence-electron chi connectivity index (χ2n) is 2.16. The Morgan fingerprint density at radius 2 is 2.23 bits per heavy atom. The second-order valence-corrected chi connectivity index (χ2v) is 5.62. The summed E-state index contributed by atoms with van der Waals surface area (Å²) < 4.78 is 23.5. The van der Waals surface area contributed by atoms with E-state index < -0.39 is 15.4 Å². The fourth-order valence-corrected chi connectivity index (χ4v) is 3.06. The molecular formula is C6H6ClNO3S2. The van der Waals surface area contributed by atoms with Crippen LogP contribution in [0.15, 0.2) is 21.7 Å². The molecule has 0 N–H and O–H groups in total. The normalized spacial score (nSPS) is 11.2. The Morgan fingerprint density at radius 1 is 1.62 bits per heavy atom. The maximum absolute atomic E-state index is 11.5. The Morgan fingerprint density at radius 3 is 2.62 bits per heavy atom. The number of rotatable bonds is 2. The lowest BCUT2D eigenvalue weighted by Gasteiger charge is -2.11. The molecule has 0 bridgehead atoms. The van der Waals surface area contributed by atoms with Crippen LogP contribution < -0.4 is 0 Å². The van der Waals surface area contributed by atoms with E-state index in [1.54, 1.807) is 11.4 Å². The first kappa shape index (κ1) is 10.5. The van der Waals surface area contributed by atoms with E-state index in [1.807, 2.05) is 0 Å². The summed E-state index contributed by atoms with van der Waals surface area (Å²) in [6.45, 7) is 0. The number of sulfonamides is 1. The summed E-state index contributed by atoms with van der Waals surface area (Å²) in [6, 6.07) is 3.00. The number of carbonyl (C=O) groups excluding carboxylic acids is 1. The summed E-state index contributed by atoms with van der Waals surface area (Å²) in [7, 11) is -2.61. The van der Waals surface area contributed by atoms with Crippen molar-refractivity contribution < 1.29 is 13.2 Å². The summed E-state index contributed by atoms with van der Waals surface area (Å²) in [5.41, 5.74) is 0. The third-order valence-electron chi connectivity index (χ3n) is 1.36. The van der Waals surface area contributed by atoms with Gasteiger partial charge < -0.3 is 0 Å². The van der Waals surface area contributed by atoms with Gasteiger partial charge in [0.1, 0.15) is 4.21 Å². The van der Waals surface area contributed by atoms with Crippen LogP contribution in [0.25, 0.3) is 0 Å². The Bertz CT molecular complexity index is 398. The van der Waals surface area contributed by atoms with Crippen LogP contribution in [0.1, 0.15) is 0 Å². The number of hydrogen-bond donors (Lipinski definition) is 0. The van der Waals surface area contributed by atoms with E-state index in [2.05, 4.69) is 0 Å². The standard InChI is InChI=1S/C6H6ClNO3S2/c1-8(6(7)9)13(10,11)5-3-2-4-12-5/h2-4H,1H3. The topological polar surface area (TPSA) is 54.5 Å². The van der Waals surface area contributed by atoms with Crippen LogP contribution in [0.2, 0.25) is 0 Å². The van der Waals surface area contributed by atoms with Crippen LogP contribution in [-0.4, -0.2) is 25.1 Å². The van der Waals surface area contributed by atoms with Gasteiger partial charge in [-0.1, -0.05) is 6.07 Å². The molecule has 4 nitrogen and oxygen atoms in total. The van der Waals surface area contributed by atoms with Crippen molar-refractivity contribution in [2.45, 2.75) is 4.21 Å². The molecule has 0 radical (unpaired) electrons. The number of halogens is 1. The van der Waals surface area contributed by atoms with E-state index in [0.717, 1.165) is 18.4 Å². The van der Waals surface area contributed by atoms with E-state index in [9.17, 15) is 13.2 Å². The monoisotopic (exact) mass is 239 g/mol. The molecule has 0 aromatic carbocycles. The number of thiophene rings is 1. The zero-order valence-corrected chi connectivity index (χ0v) is 8.99. The maximum Gasteiger partial charge on any atom is 0.329 e. The summed E-state index contributed by atoms with van der Waals surface area (Å²) in [6.07, 6.45) is 0. The lowest BCUT2D eigenvalue weighted by Crippen LogP contribution is -2.28. The molecule has 1 aromatic rings. The molecule has 1 heterocycles. The van der Waals surface area contributed by atoms with E-state index in [-0.39, 0.29) is 4.21 Å². The molecule has 1 aromatic heterocycles. The van der Waals surface area contributed by atoms with E-state index >= 15 is 0 Å². The number of nitrogens with zero attached hydrogens (tertiary/aromatic N) is 1. The average molecular weight is 240 g/mol. The van der Waals surface area contributed by atoms with Gasteiger partial charge in [0.05, 0.1) is 0 Å². The van der Waals surface area contributed by atoms with Crippen LogP contribution >= 0.6 is 22.9 Å². The third-order valence-corrected chi connectivity index (χ3v) is 4.82. The molecule has 0 saturated carbocycles. The molecule has 72 valence electrons. The van der Waals surface area contributed by atoms with Gasteiger partial charge >= 0.3 is 5.37 Å². The first-order chi connectivity index (χ1) is 5.96. The molecule has 0 spiro atoms. The molecule has 0 aliphatic rings. The minimum absolute atomic E-state index is 0.101. The Hall–Kier alpha value is -0.590. The van der Waals surface area contributed by atoms with Gasteiger partial charge in [-0.15, -0.1) is 11.3 Å². The minimum atomic E-state index is -3.72. The minimum Gasteiger partial charge on any atom is -0.254 e. The molecule has 0 atom stereocenters. The largest absolute Gasteiger partial charge is 0.329 e. The van der Waals surface area contributed by atoms with Crippen molar-refractivity contribution in [1.82, 2.24) is 4.31 Å². The van der Waals surface area contributed by atoms with Crippen molar-refractivity contribution in [3.05, 3.63) is 17.5 Å². The fraction of sp³-hybridized carbons (Fsp3) is 0.167. The lowest BCUT2D eigenvalue weighted by molar-refractivity contribution is 0.249. The van der Waals surface area contributed by atoms with Gasteiger partial charge in [0, 0.05) is 7.05 Å². The first-order valence-electron chi connectivity index (χ1n) is 3.18. The van der Waals surface area contributed by atoms with Crippen LogP contribution in [0.3, 0.4) is 0 Å². The number of hydrogen-bond acceptors (Lipinski definition) is 4. The van der Waals surface area contributed by atoms with Crippen molar-refractivity contribution in [1.29, 1.82) is 0 Å². The van der Waals surface area contributed by atoms with Crippen LogP contribution in [-0.2, 0) is 10.0 Å². The SMILES string of the molecule is CN(C(=O)Cl)S(=O)(=O)c1cccs1. The van der Waals surface area contributed by atoms with Gasteiger partial charge in [0.15, 0.2) is 0 Å². The molecule has 1 rings (SSSR count). The second kappa shape index (κ2) is 3.65. The number of carbonyl (C=O) groups is 1. The summed E-state index contributed by atoms with van der Waals surface area (Å²) >= 11 is 6.08. The summed E-state index contributed by atoms with van der Waals surface area (Å²) in [5, 5.41) is 0.591.